The van der Waals surface area contributed by atoms with E-state index < -0.39 is 11.9 Å². The lowest BCUT2D eigenvalue weighted by Crippen LogP contribution is -2.43. The van der Waals surface area contributed by atoms with Gasteiger partial charge < -0.3 is 14.7 Å². The van der Waals surface area contributed by atoms with Crippen LogP contribution in [0.5, 0.6) is 0 Å². The van der Waals surface area contributed by atoms with E-state index in [2.05, 4.69) is 17.1 Å². The van der Waals surface area contributed by atoms with Crippen LogP contribution in [0.2, 0.25) is 0 Å². The minimum absolute atomic E-state index is 0.144. The first-order chi connectivity index (χ1) is 8.63. The Morgan fingerprint density at radius 3 is 2.89 bits per heavy atom. The van der Waals surface area contributed by atoms with Gasteiger partial charge in [0.25, 0.3) is 0 Å². The summed E-state index contributed by atoms with van der Waals surface area (Å²) in [5.41, 5.74) is 0. The Labute approximate surface area is 110 Å². The molecule has 1 aromatic rings. The van der Waals surface area contributed by atoms with Crippen molar-refractivity contribution in [2.45, 2.75) is 26.3 Å². The molecule has 2 unspecified atom stereocenters. The number of carboxylic acids is 1. The van der Waals surface area contributed by atoms with E-state index in [-0.39, 0.29) is 12.6 Å². The summed E-state index contributed by atoms with van der Waals surface area (Å²) in [6.07, 6.45) is 0.932. The maximum Gasteiger partial charge on any atom is 0.311 e. The number of aliphatic carboxylic acids is 1. The molecule has 1 aliphatic heterocycles. The highest BCUT2D eigenvalue weighted by Gasteiger charge is 2.38. The highest BCUT2D eigenvalue weighted by atomic mass is 32.1. The molecule has 1 aromatic heterocycles. The summed E-state index contributed by atoms with van der Waals surface area (Å²) in [6.45, 7) is 5.44. The zero-order valence-corrected chi connectivity index (χ0v) is 11.3. The minimum Gasteiger partial charge on any atom is -0.481 e. The summed E-state index contributed by atoms with van der Waals surface area (Å²) in [4.78, 5) is 13.2. The van der Waals surface area contributed by atoms with E-state index in [1.54, 1.807) is 0 Å². The number of nitrogens with zero attached hydrogens (tertiary/aromatic N) is 3. The molecule has 0 spiro atoms. The van der Waals surface area contributed by atoms with E-state index in [0.717, 1.165) is 23.1 Å². The average molecular weight is 271 g/mol. The van der Waals surface area contributed by atoms with Crippen LogP contribution in [-0.4, -0.2) is 47.1 Å². The fourth-order valence-corrected chi connectivity index (χ4v) is 2.90. The minimum atomic E-state index is -0.806. The van der Waals surface area contributed by atoms with E-state index in [1.807, 2.05) is 11.8 Å². The van der Waals surface area contributed by atoms with Crippen molar-refractivity contribution >= 4 is 22.4 Å². The summed E-state index contributed by atoms with van der Waals surface area (Å²) in [6, 6.07) is -0.144. The van der Waals surface area contributed by atoms with Gasteiger partial charge in [0, 0.05) is 6.54 Å². The molecule has 2 atom stereocenters. The highest BCUT2D eigenvalue weighted by Crippen LogP contribution is 2.28. The first-order valence-corrected chi connectivity index (χ1v) is 6.82. The van der Waals surface area contributed by atoms with Gasteiger partial charge in [-0.2, -0.15) is 0 Å². The third kappa shape index (κ3) is 2.62. The van der Waals surface area contributed by atoms with Crippen molar-refractivity contribution < 1.29 is 14.6 Å². The van der Waals surface area contributed by atoms with Gasteiger partial charge in [0.2, 0.25) is 5.13 Å². The molecule has 100 valence electrons. The highest BCUT2D eigenvalue weighted by molar-refractivity contribution is 7.15. The van der Waals surface area contributed by atoms with Crippen molar-refractivity contribution in [1.82, 2.24) is 10.2 Å². The predicted molar refractivity (Wildman–Crippen MR) is 68.0 cm³/mol. The summed E-state index contributed by atoms with van der Waals surface area (Å²) in [7, 11) is 0. The summed E-state index contributed by atoms with van der Waals surface area (Å²) < 4.78 is 5.32. The van der Waals surface area contributed by atoms with E-state index in [1.165, 1.54) is 11.3 Å². The molecule has 7 heteroatoms. The third-order valence-electron chi connectivity index (χ3n) is 2.99. The van der Waals surface area contributed by atoms with Crippen LogP contribution < -0.4 is 4.90 Å². The lowest BCUT2D eigenvalue weighted by atomic mass is 10.0. The largest absolute Gasteiger partial charge is 0.481 e. The van der Waals surface area contributed by atoms with E-state index in [9.17, 15) is 9.90 Å². The summed E-state index contributed by atoms with van der Waals surface area (Å²) in [5.74, 6) is -1.29. The van der Waals surface area contributed by atoms with Crippen LogP contribution in [0.15, 0.2) is 0 Å². The van der Waals surface area contributed by atoms with Gasteiger partial charge in [-0.25, -0.2) is 0 Å². The van der Waals surface area contributed by atoms with Crippen LogP contribution in [0.25, 0.3) is 0 Å². The number of anilines is 1. The van der Waals surface area contributed by atoms with Crippen LogP contribution in [0.1, 0.15) is 18.4 Å². The Morgan fingerprint density at radius 1 is 1.56 bits per heavy atom. The van der Waals surface area contributed by atoms with Crippen molar-refractivity contribution in [3.63, 3.8) is 0 Å². The fraction of sp³-hybridized carbons (Fsp3) is 0.727. The Balaban J connectivity index is 2.21. The molecule has 0 bridgehead atoms. The van der Waals surface area contributed by atoms with Gasteiger partial charge in [-0.15, -0.1) is 10.2 Å². The second-order valence-corrected chi connectivity index (χ2v) is 5.51. The molecule has 1 N–H and O–H groups in total. The van der Waals surface area contributed by atoms with Crippen LogP contribution in [-0.2, 0) is 9.53 Å². The first-order valence-electron chi connectivity index (χ1n) is 6.00. The Kier molecular flexibility index (Phi) is 4.13. The maximum atomic E-state index is 11.2. The second-order valence-electron chi connectivity index (χ2n) is 4.35. The second kappa shape index (κ2) is 5.62. The molecule has 0 aromatic carbocycles. The molecule has 2 heterocycles. The molecule has 18 heavy (non-hydrogen) atoms. The Hall–Kier alpha value is -1.21. The number of carboxylic acid groups (broad SMARTS) is 1. The van der Waals surface area contributed by atoms with Gasteiger partial charge in [-0.05, 0) is 13.3 Å². The fourth-order valence-electron chi connectivity index (χ4n) is 2.13. The maximum absolute atomic E-state index is 11.2. The molecule has 1 saturated heterocycles. The van der Waals surface area contributed by atoms with Gasteiger partial charge in [0.05, 0.1) is 19.3 Å². The Morgan fingerprint density at radius 2 is 2.33 bits per heavy atom. The number of hydrogen-bond acceptors (Lipinski definition) is 6. The van der Waals surface area contributed by atoms with Gasteiger partial charge in [-0.1, -0.05) is 18.3 Å². The lowest BCUT2D eigenvalue weighted by Gasteiger charge is -2.29. The van der Waals surface area contributed by atoms with Crippen LogP contribution in [0.3, 0.4) is 0 Å². The molecule has 0 amide bonds. The van der Waals surface area contributed by atoms with Crippen molar-refractivity contribution in [2.75, 3.05) is 24.7 Å². The molecular formula is C11H17N3O3S. The molecule has 0 saturated carbocycles. The van der Waals surface area contributed by atoms with Crippen molar-refractivity contribution in [3.05, 3.63) is 5.01 Å². The number of hydrogen-bond donors (Lipinski definition) is 1. The molecule has 6 nitrogen and oxygen atoms in total. The SMILES string of the molecule is CCCN(c1nnc(C)s1)C1COCC1C(=O)O. The quantitative estimate of drug-likeness (QED) is 0.866. The Bertz CT molecular complexity index is 423. The average Bonchev–Trinajstić information content (AvgIpc) is 2.94. The van der Waals surface area contributed by atoms with Crippen molar-refractivity contribution in [2.24, 2.45) is 5.92 Å². The van der Waals surface area contributed by atoms with E-state index in [4.69, 9.17) is 4.74 Å². The van der Waals surface area contributed by atoms with Crippen molar-refractivity contribution in [3.8, 4) is 0 Å². The summed E-state index contributed by atoms with van der Waals surface area (Å²) in [5, 5.41) is 19.0. The van der Waals surface area contributed by atoms with Crippen molar-refractivity contribution in [1.29, 1.82) is 0 Å². The van der Waals surface area contributed by atoms with Crippen LogP contribution >= 0.6 is 11.3 Å². The number of aromatic nitrogens is 2. The molecule has 1 aliphatic rings. The molecule has 0 aliphatic carbocycles. The molecule has 1 fully saturated rings. The van der Waals surface area contributed by atoms with Crippen LogP contribution in [0.4, 0.5) is 5.13 Å². The van der Waals surface area contributed by atoms with Gasteiger partial charge >= 0.3 is 5.97 Å². The van der Waals surface area contributed by atoms with Gasteiger partial charge in [0.15, 0.2) is 0 Å². The molecule has 2 rings (SSSR count). The number of carbonyl (C=O) groups is 1. The number of ether oxygens (including phenoxy) is 1. The van der Waals surface area contributed by atoms with Gasteiger partial charge in [-0.3, -0.25) is 4.79 Å². The molecular weight excluding hydrogens is 254 g/mol. The number of aryl methyl sites for hydroxylation is 1. The number of rotatable bonds is 5. The molecule has 0 radical (unpaired) electrons. The third-order valence-corrected chi connectivity index (χ3v) is 3.87. The predicted octanol–water partition coefficient (Wildman–Crippen LogP) is 1.16. The van der Waals surface area contributed by atoms with Crippen LogP contribution in [0, 0.1) is 12.8 Å². The monoisotopic (exact) mass is 271 g/mol. The topological polar surface area (TPSA) is 75.5 Å². The summed E-state index contributed by atoms with van der Waals surface area (Å²) >= 11 is 1.49. The standard InChI is InChI=1S/C11H17N3O3S/c1-3-4-14(11-13-12-7(2)18-11)9-6-17-5-8(9)10(15)16/h8-9H,3-6H2,1-2H3,(H,15,16). The smallest absolute Gasteiger partial charge is 0.311 e. The lowest BCUT2D eigenvalue weighted by molar-refractivity contribution is -0.141. The normalized spacial score (nSPS) is 23.2. The first kappa shape index (κ1) is 13.2. The van der Waals surface area contributed by atoms with E-state index >= 15 is 0 Å². The van der Waals surface area contributed by atoms with Gasteiger partial charge in [0.1, 0.15) is 10.9 Å². The zero-order valence-electron chi connectivity index (χ0n) is 10.5. The van der Waals surface area contributed by atoms with E-state index in [0.29, 0.717) is 6.61 Å². The zero-order chi connectivity index (χ0) is 13.1.